The number of aliphatic carboxylic acids is 1. The highest BCUT2D eigenvalue weighted by Gasteiger charge is 2.35. The summed E-state index contributed by atoms with van der Waals surface area (Å²) in [5, 5.41) is 12.7. The Kier molecular flexibility index (Phi) is 7.23. The van der Waals surface area contributed by atoms with E-state index in [0.717, 1.165) is 24.3 Å². The number of ether oxygens (including phenoxy) is 1. The van der Waals surface area contributed by atoms with Crippen LogP contribution in [-0.2, 0) is 4.79 Å². The molecule has 0 amide bonds. The van der Waals surface area contributed by atoms with Crippen LogP contribution in [0.5, 0.6) is 5.75 Å². The van der Waals surface area contributed by atoms with Gasteiger partial charge in [0.1, 0.15) is 11.3 Å². The van der Waals surface area contributed by atoms with Gasteiger partial charge in [0.2, 0.25) is 0 Å². The second-order valence-corrected chi connectivity index (χ2v) is 5.44. The van der Waals surface area contributed by atoms with Crippen LogP contribution in [-0.4, -0.2) is 29.8 Å². The van der Waals surface area contributed by atoms with Crippen molar-refractivity contribution in [3.8, 4) is 5.75 Å². The Hall–Kier alpha value is -1.55. The number of hydrogen-bond acceptors (Lipinski definition) is 3. The van der Waals surface area contributed by atoms with Gasteiger partial charge in [-0.25, -0.2) is 0 Å². The van der Waals surface area contributed by atoms with Crippen LogP contribution in [0.15, 0.2) is 24.3 Å². The first-order chi connectivity index (χ1) is 10.0. The molecule has 0 spiro atoms. The largest absolute Gasteiger partial charge is 0.494 e. The molecule has 0 heterocycles. The van der Waals surface area contributed by atoms with Gasteiger partial charge in [-0.15, -0.1) is 0 Å². The van der Waals surface area contributed by atoms with Crippen molar-refractivity contribution >= 4 is 5.97 Å². The van der Waals surface area contributed by atoms with Gasteiger partial charge in [-0.3, -0.25) is 4.79 Å². The molecule has 0 aliphatic carbocycles. The van der Waals surface area contributed by atoms with Gasteiger partial charge >= 0.3 is 5.97 Å². The second-order valence-electron chi connectivity index (χ2n) is 5.44. The Balaban J connectivity index is 2.48. The first kappa shape index (κ1) is 17.5. The molecule has 0 saturated carbocycles. The van der Waals surface area contributed by atoms with Gasteiger partial charge in [0.25, 0.3) is 0 Å². The molecule has 0 saturated heterocycles. The quantitative estimate of drug-likeness (QED) is 0.649. The van der Waals surface area contributed by atoms with E-state index in [1.807, 2.05) is 45.0 Å². The van der Waals surface area contributed by atoms with Crippen molar-refractivity contribution in [2.24, 2.45) is 0 Å². The number of benzene rings is 1. The van der Waals surface area contributed by atoms with E-state index in [9.17, 15) is 9.90 Å². The van der Waals surface area contributed by atoms with Crippen LogP contribution in [0.1, 0.15) is 45.1 Å². The number of rotatable bonds is 10. The summed E-state index contributed by atoms with van der Waals surface area (Å²) < 4.78 is 5.69. The van der Waals surface area contributed by atoms with Crippen LogP contribution < -0.4 is 10.1 Å². The van der Waals surface area contributed by atoms with Crippen molar-refractivity contribution in [1.82, 2.24) is 5.32 Å². The Morgan fingerprint density at radius 2 is 2.14 bits per heavy atom. The van der Waals surface area contributed by atoms with Crippen LogP contribution in [0, 0.1) is 6.92 Å². The van der Waals surface area contributed by atoms with Gasteiger partial charge in [-0.05, 0) is 56.8 Å². The molecule has 0 fully saturated rings. The zero-order chi connectivity index (χ0) is 15.7. The minimum atomic E-state index is -0.827. The van der Waals surface area contributed by atoms with Gasteiger partial charge in [0.15, 0.2) is 0 Å². The van der Waals surface area contributed by atoms with Crippen LogP contribution in [0.2, 0.25) is 0 Å². The highest BCUT2D eigenvalue weighted by molar-refractivity contribution is 5.78. The van der Waals surface area contributed by atoms with Gasteiger partial charge in [0.05, 0.1) is 6.61 Å². The zero-order valence-corrected chi connectivity index (χ0v) is 13.3. The third-order valence-corrected chi connectivity index (χ3v) is 3.73. The van der Waals surface area contributed by atoms with E-state index in [0.29, 0.717) is 25.9 Å². The van der Waals surface area contributed by atoms with Crippen molar-refractivity contribution in [2.45, 2.75) is 52.0 Å². The summed E-state index contributed by atoms with van der Waals surface area (Å²) in [7, 11) is 0. The second kappa shape index (κ2) is 8.67. The van der Waals surface area contributed by atoms with Crippen molar-refractivity contribution in [2.75, 3.05) is 13.2 Å². The lowest BCUT2D eigenvalue weighted by Crippen LogP contribution is -2.52. The summed E-state index contributed by atoms with van der Waals surface area (Å²) in [4.78, 5) is 11.6. The summed E-state index contributed by atoms with van der Waals surface area (Å²) >= 11 is 0. The van der Waals surface area contributed by atoms with E-state index in [4.69, 9.17) is 4.74 Å². The van der Waals surface area contributed by atoms with E-state index in [2.05, 4.69) is 5.32 Å². The Morgan fingerprint density at radius 1 is 1.38 bits per heavy atom. The highest BCUT2D eigenvalue weighted by Crippen LogP contribution is 2.19. The van der Waals surface area contributed by atoms with Crippen molar-refractivity contribution in [3.63, 3.8) is 0 Å². The maximum absolute atomic E-state index is 11.6. The van der Waals surface area contributed by atoms with Gasteiger partial charge in [-0.1, -0.05) is 26.0 Å². The number of nitrogens with one attached hydrogen (secondary N) is 1. The van der Waals surface area contributed by atoms with Crippen LogP contribution in [0.3, 0.4) is 0 Å². The number of hydrogen-bond donors (Lipinski definition) is 2. The fraction of sp³-hybridized carbons (Fsp3) is 0.588. The number of carbonyl (C=O) groups is 1. The molecular formula is C17H27NO3. The predicted molar refractivity (Wildman–Crippen MR) is 84.9 cm³/mol. The molecule has 1 atom stereocenters. The molecule has 21 heavy (non-hydrogen) atoms. The summed E-state index contributed by atoms with van der Waals surface area (Å²) in [5.74, 6) is 0.0722. The molecule has 1 unspecified atom stereocenters. The molecule has 0 aliphatic heterocycles. The van der Waals surface area contributed by atoms with Crippen molar-refractivity contribution in [1.29, 1.82) is 0 Å². The molecule has 1 aromatic carbocycles. The SMILES string of the molecule is CCCNC(CC)(CCCOc1cccc(C)c1)C(=O)O. The molecule has 1 aromatic rings. The van der Waals surface area contributed by atoms with Gasteiger partial charge < -0.3 is 15.2 Å². The lowest BCUT2D eigenvalue weighted by Gasteiger charge is -2.29. The number of carboxylic acids is 1. The minimum absolute atomic E-state index is 0.534. The molecule has 0 radical (unpaired) electrons. The van der Waals surface area contributed by atoms with E-state index in [1.54, 1.807) is 0 Å². The Bertz CT molecular complexity index is 447. The maximum Gasteiger partial charge on any atom is 0.323 e. The Morgan fingerprint density at radius 3 is 2.71 bits per heavy atom. The predicted octanol–water partition coefficient (Wildman–Crippen LogP) is 3.39. The summed E-state index contributed by atoms with van der Waals surface area (Å²) in [6.07, 6.45) is 2.79. The van der Waals surface area contributed by atoms with E-state index in [1.165, 1.54) is 0 Å². The summed E-state index contributed by atoms with van der Waals surface area (Å²) in [5.41, 5.74) is 0.331. The molecule has 0 aromatic heterocycles. The molecule has 0 bridgehead atoms. The molecule has 4 nitrogen and oxygen atoms in total. The molecule has 0 aliphatic rings. The highest BCUT2D eigenvalue weighted by atomic mass is 16.5. The smallest absolute Gasteiger partial charge is 0.323 e. The molecule has 4 heteroatoms. The normalized spacial score (nSPS) is 13.7. The molecule has 2 N–H and O–H groups in total. The topological polar surface area (TPSA) is 58.6 Å². The van der Waals surface area contributed by atoms with E-state index < -0.39 is 11.5 Å². The monoisotopic (exact) mass is 293 g/mol. The third kappa shape index (κ3) is 5.38. The van der Waals surface area contributed by atoms with Gasteiger partial charge in [-0.2, -0.15) is 0 Å². The molecular weight excluding hydrogens is 266 g/mol. The van der Waals surface area contributed by atoms with E-state index >= 15 is 0 Å². The van der Waals surface area contributed by atoms with Crippen molar-refractivity contribution in [3.05, 3.63) is 29.8 Å². The number of aryl methyl sites for hydroxylation is 1. The molecule has 1 rings (SSSR count). The Labute approximate surface area is 127 Å². The lowest BCUT2D eigenvalue weighted by atomic mass is 9.90. The fourth-order valence-electron chi connectivity index (χ4n) is 2.36. The summed E-state index contributed by atoms with van der Waals surface area (Å²) in [6.45, 7) is 7.23. The van der Waals surface area contributed by atoms with Crippen LogP contribution in [0.25, 0.3) is 0 Å². The molecule has 118 valence electrons. The third-order valence-electron chi connectivity index (χ3n) is 3.73. The maximum atomic E-state index is 11.6. The van der Waals surface area contributed by atoms with Crippen LogP contribution >= 0.6 is 0 Å². The fourth-order valence-corrected chi connectivity index (χ4v) is 2.36. The first-order valence-electron chi connectivity index (χ1n) is 7.72. The first-order valence-corrected chi connectivity index (χ1v) is 7.72. The van der Waals surface area contributed by atoms with Crippen molar-refractivity contribution < 1.29 is 14.6 Å². The van der Waals surface area contributed by atoms with Crippen LogP contribution in [0.4, 0.5) is 0 Å². The zero-order valence-electron chi connectivity index (χ0n) is 13.3. The lowest BCUT2D eigenvalue weighted by molar-refractivity contribution is -0.145. The average Bonchev–Trinajstić information content (AvgIpc) is 2.46. The summed E-state index contributed by atoms with van der Waals surface area (Å²) in [6, 6.07) is 7.89. The average molecular weight is 293 g/mol. The van der Waals surface area contributed by atoms with E-state index in [-0.39, 0.29) is 0 Å². The number of carboxylic acid groups (broad SMARTS) is 1. The minimum Gasteiger partial charge on any atom is -0.494 e. The standard InChI is InChI=1S/C17H27NO3/c1-4-11-18-17(5-2,16(19)20)10-7-12-21-15-9-6-8-14(3)13-15/h6,8-9,13,18H,4-5,7,10-12H2,1-3H3,(H,19,20). The van der Waals surface area contributed by atoms with Gasteiger partial charge in [0, 0.05) is 0 Å².